The fraction of sp³-hybridized carbons (Fsp3) is 0.333. The van der Waals surface area contributed by atoms with E-state index in [4.69, 9.17) is 14.5 Å². The molecule has 0 spiro atoms. The van der Waals surface area contributed by atoms with Crippen molar-refractivity contribution in [2.45, 2.75) is 58.6 Å². The minimum Gasteiger partial charge on any atom is -0.493 e. The Hall–Kier alpha value is -3.12. The number of anilines is 1. The van der Waals surface area contributed by atoms with Crippen molar-refractivity contribution in [1.82, 2.24) is 0 Å². The predicted octanol–water partition coefficient (Wildman–Crippen LogP) is 6.97. The normalized spacial score (nSPS) is 16.9. The number of carbonyl (C=O) groups is 1. The van der Waals surface area contributed by atoms with Gasteiger partial charge in [-0.2, -0.15) is 0 Å². The van der Waals surface area contributed by atoms with Crippen molar-refractivity contribution in [3.8, 4) is 22.6 Å². The van der Waals surface area contributed by atoms with Gasteiger partial charge < -0.3 is 14.8 Å². The van der Waals surface area contributed by atoms with Gasteiger partial charge in [0.1, 0.15) is 5.60 Å². The molecule has 1 amide bonds. The topological polar surface area (TPSA) is 59.9 Å². The lowest BCUT2D eigenvalue weighted by Crippen LogP contribution is -2.30. The van der Waals surface area contributed by atoms with Crippen LogP contribution in [0.4, 0.5) is 5.69 Å². The van der Waals surface area contributed by atoms with Crippen LogP contribution in [0.3, 0.4) is 0 Å². The van der Waals surface area contributed by atoms with E-state index in [1.165, 1.54) is 23.6 Å². The van der Waals surface area contributed by atoms with Gasteiger partial charge in [-0.15, -0.1) is 0 Å². The summed E-state index contributed by atoms with van der Waals surface area (Å²) >= 11 is 3.70. The van der Waals surface area contributed by atoms with Crippen molar-refractivity contribution >= 4 is 33.2 Å². The van der Waals surface area contributed by atoms with Gasteiger partial charge in [0.05, 0.1) is 18.4 Å². The number of halogens is 1. The van der Waals surface area contributed by atoms with E-state index < -0.39 is 0 Å². The van der Waals surface area contributed by atoms with Crippen LogP contribution in [0.2, 0.25) is 0 Å². The Labute approximate surface area is 221 Å². The zero-order chi connectivity index (χ0) is 25.8. The maximum atomic E-state index is 11.5. The van der Waals surface area contributed by atoms with Gasteiger partial charge in [0.25, 0.3) is 0 Å². The van der Waals surface area contributed by atoms with Gasteiger partial charge in [-0.25, -0.2) is 0 Å². The zero-order valence-corrected chi connectivity index (χ0v) is 23.2. The van der Waals surface area contributed by atoms with Crippen molar-refractivity contribution < 1.29 is 14.3 Å². The summed E-state index contributed by atoms with van der Waals surface area (Å²) in [7, 11) is 1.71. The van der Waals surface area contributed by atoms with Gasteiger partial charge in [-0.1, -0.05) is 40.2 Å². The second kappa shape index (κ2) is 8.77. The molecular formula is C30H31BrN2O3. The lowest BCUT2D eigenvalue weighted by molar-refractivity contribution is -0.114. The lowest BCUT2D eigenvalue weighted by atomic mass is 9.80. The number of hydrogen-bond acceptors (Lipinski definition) is 4. The molecule has 5 nitrogen and oxygen atoms in total. The third-order valence-corrected chi connectivity index (χ3v) is 7.29. The summed E-state index contributed by atoms with van der Waals surface area (Å²) in [5, 5.41) is 2.84. The Morgan fingerprint density at radius 1 is 1.06 bits per heavy atom. The maximum absolute atomic E-state index is 11.5. The summed E-state index contributed by atoms with van der Waals surface area (Å²) < 4.78 is 13.0. The molecule has 3 aromatic rings. The largest absolute Gasteiger partial charge is 0.493 e. The second-order valence-electron chi connectivity index (χ2n) is 10.9. The molecule has 1 N–H and O–H groups in total. The van der Waals surface area contributed by atoms with Crippen molar-refractivity contribution in [1.29, 1.82) is 0 Å². The number of nitrogens with zero attached hydrogens (tertiary/aromatic N) is 1. The van der Waals surface area contributed by atoms with E-state index in [0.717, 1.165) is 56.9 Å². The number of aliphatic imine (C=N–C) groups is 1. The van der Waals surface area contributed by atoms with E-state index in [2.05, 4.69) is 79.3 Å². The standard InChI is InChI=1S/C30H31BrN2O3/c1-17(34)32-21-10-11-22(24(31)14-21)18-8-7-9-19(12-18)27-26-20(15-29(2,3)33-27)13-25(35-6)28-23(26)16-30(4,5)36-28/h7-14H,15-16H2,1-6H3,(H,32,34). The number of methoxy groups -OCH3 is 1. The Bertz CT molecular complexity index is 1420. The molecule has 5 rings (SSSR count). The van der Waals surface area contributed by atoms with Crippen LogP contribution in [0.1, 0.15) is 56.9 Å². The zero-order valence-electron chi connectivity index (χ0n) is 21.6. The van der Waals surface area contributed by atoms with Crippen LogP contribution in [0, 0.1) is 0 Å². The molecule has 36 heavy (non-hydrogen) atoms. The molecule has 0 aliphatic carbocycles. The molecule has 0 fully saturated rings. The summed E-state index contributed by atoms with van der Waals surface area (Å²) in [4.78, 5) is 16.7. The van der Waals surface area contributed by atoms with E-state index in [-0.39, 0.29) is 17.0 Å². The number of hydrogen-bond donors (Lipinski definition) is 1. The van der Waals surface area contributed by atoms with Gasteiger partial charge in [0, 0.05) is 40.2 Å². The van der Waals surface area contributed by atoms with E-state index in [0.29, 0.717) is 0 Å². The van der Waals surface area contributed by atoms with Crippen LogP contribution in [0.5, 0.6) is 11.5 Å². The summed E-state index contributed by atoms with van der Waals surface area (Å²) in [5.74, 6) is 1.54. The fourth-order valence-electron chi connectivity index (χ4n) is 5.29. The smallest absolute Gasteiger partial charge is 0.221 e. The highest BCUT2D eigenvalue weighted by Crippen LogP contribution is 2.48. The van der Waals surface area contributed by atoms with Gasteiger partial charge in [-0.3, -0.25) is 9.79 Å². The summed E-state index contributed by atoms with van der Waals surface area (Å²) in [6, 6.07) is 16.5. The monoisotopic (exact) mass is 546 g/mol. The fourth-order valence-corrected chi connectivity index (χ4v) is 5.90. The third-order valence-electron chi connectivity index (χ3n) is 6.64. The number of carbonyl (C=O) groups excluding carboxylic acids is 1. The van der Waals surface area contributed by atoms with Crippen molar-refractivity contribution in [2.24, 2.45) is 4.99 Å². The SMILES string of the molecule is COc1cc2c(c3c1OC(C)(C)C3)C(c1cccc(-c3ccc(NC(C)=O)cc3Br)c1)=NC(C)(C)C2. The van der Waals surface area contributed by atoms with Crippen LogP contribution in [0.25, 0.3) is 11.1 Å². The first-order valence-electron chi connectivity index (χ1n) is 12.2. The van der Waals surface area contributed by atoms with Crippen LogP contribution >= 0.6 is 15.9 Å². The first-order chi connectivity index (χ1) is 17.0. The molecule has 186 valence electrons. The quantitative estimate of drug-likeness (QED) is 0.384. The molecule has 2 heterocycles. The van der Waals surface area contributed by atoms with Crippen LogP contribution in [-0.4, -0.2) is 29.9 Å². The molecule has 0 atom stereocenters. The Morgan fingerprint density at radius 2 is 1.81 bits per heavy atom. The van der Waals surface area contributed by atoms with Crippen molar-refractivity contribution in [2.75, 3.05) is 12.4 Å². The molecule has 3 aromatic carbocycles. The minimum absolute atomic E-state index is 0.0930. The van der Waals surface area contributed by atoms with Crippen molar-refractivity contribution in [3.05, 3.63) is 75.3 Å². The summed E-state index contributed by atoms with van der Waals surface area (Å²) in [5.41, 5.74) is 7.99. The van der Waals surface area contributed by atoms with E-state index in [1.807, 2.05) is 18.2 Å². The lowest BCUT2D eigenvalue weighted by Gasteiger charge is -2.31. The Kier molecular flexibility index (Phi) is 5.98. The first-order valence-corrected chi connectivity index (χ1v) is 13.0. The molecule has 0 radical (unpaired) electrons. The number of benzene rings is 3. The number of rotatable bonds is 4. The minimum atomic E-state index is -0.300. The summed E-state index contributed by atoms with van der Waals surface area (Å²) in [6.07, 6.45) is 1.64. The van der Waals surface area contributed by atoms with Crippen molar-refractivity contribution in [3.63, 3.8) is 0 Å². The maximum Gasteiger partial charge on any atom is 0.221 e. The number of ether oxygens (including phenoxy) is 2. The van der Waals surface area contributed by atoms with Gasteiger partial charge in [-0.05, 0) is 75.1 Å². The predicted molar refractivity (Wildman–Crippen MR) is 149 cm³/mol. The van der Waals surface area contributed by atoms with E-state index in [9.17, 15) is 4.79 Å². The molecular weight excluding hydrogens is 516 g/mol. The van der Waals surface area contributed by atoms with Gasteiger partial charge in [0.2, 0.25) is 5.91 Å². The number of amides is 1. The first kappa shape index (κ1) is 24.6. The van der Waals surface area contributed by atoms with E-state index >= 15 is 0 Å². The highest BCUT2D eigenvalue weighted by atomic mass is 79.9. The van der Waals surface area contributed by atoms with Gasteiger partial charge in [0.15, 0.2) is 11.5 Å². The average Bonchev–Trinajstić information content (AvgIpc) is 3.11. The summed E-state index contributed by atoms with van der Waals surface area (Å²) in [6.45, 7) is 10.1. The highest BCUT2D eigenvalue weighted by Gasteiger charge is 2.39. The molecule has 2 aliphatic heterocycles. The van der Waals surface area contributed by atoms with Crippen LogP contribution in [-0.2, 0) is 17.6 Å². The molecule has 2 aliphatic rings. The molecule has 0 bridgehead atoms. The molecule has 0 saturated heterocycles. The molecule has 0 saturated carbocycles. The Balaban J connectivity index is 1.64. The molecule has 6 heteroatoms. The van der Waals surface area contributed by atoms with Crippen LogP contribution in [0.15, 0.2) is 58.0 Å². The number of nitrogens with one attached hydrogen (secondary N) is 1. The Morgan fingerprint density at radius 3 is 2.50 bits per heavy atom. The third kappa shape index (κ3) is 4.55. The number of fused-ring (bicyclic) bond motifs is 3. The van der Waals surface area contributed by atoms with Gasteiger partial charge >= 0.3 is 0 Å². The second-order valence-corrected chi connectivity index (χ2v) is 11.7. The molecule has 0 unspecified atom stereocenters. The van der Waals surface area contributed by atoms with E-state index in [1.54, 1.807) is 7.11 Å². The van der Waals surface area contributed by atoms with Crippen LogP contribution < -0.4 is 14.8 Å². The average molecular weight is 547 g/mol. The molecule has 0 aromatic heterocycles. The highest BCUT2D eigenvalue weighted by molar-refractivity contribution is 9.10.